The van der Waals surface area contributed by atoms with E-state index in [2.05, 4.69) is 32.4 Å². The van der Waals surface area contributed by atoms with Crippen LogP contribution in [-0.4, -0.2) is 46.5 Å². The molecule has 3 heterocycles. The van der Waals surface area contributed by atoms with E-state index in [9.17, 15) is 9.18 Å². The molecule has 0 atom stereocenters. The maximum atomic E-state index is 14.6. The lowest BCUT2D eigenvalue weighted by Gasteiger charge is -2.32. The Labute approximate surface area is 199 Å². The quantitative estimate of drug-likeness (QED) is 0.471. The third kappa shape index (κ3) is 4.23. The van der Waals surface area contributed by atoms with Crippen LogP contribution in [0, 0.1) is 19.7 Å². The normalized spacial score (nSPS) is 18.1. The van der Waals surface area contributed by atoms with Gasteiger partial charge in [0.05, 0.1) is 11.3 Å². The molecule has 1 fully saturated rings. The van der Waals surface area contributed by atoms with E-state index >= 15 is 0 Å². The number of aromatic amines is 1. The van der Waals surface area contributed by atoms with Gasteiger partial charge in [-0.05, 0) is 68.6 Å². The lowest BCUT2D eigenvalue weighted by atomic mass is 9.93. The number of halogens is 1. The molecule has 0 radical (unpaired) electrons. The van der Waals surface area contributed by atoms with Gasteiger partial charge in [0.1, 0.15) is 11.6 Å². The summed E-state index contributed by atoms with van der Waals surface area (Å²) in [5.41, 5.74) is 5.58. The van der Waals surface area contributed by atoms with E-state index in [0.29, 0.717) is 34.1 Å². The largest absolute Gasteiger partial charge is 0.382 e. The van der Waals surface area contributed by atoms with E-state index in [1.807, 2.05) is 31.2 Å². The maximum absolute atomic E-state index is 14.6. The third-order valence-electron chi connectivity index (χ3n) is 6.82. The van der Waals surface area contributed by atoms with Crippen molar-refractivity contribution in [1.82, 2.24) is 14.9 Å². The number of likely N-dealkylation sites (tertiary alicyclic amines) is 1. The van der Waals surface area contributed by atoms with E-state index in [0.717, 1.165) is 55.1 Å². The Morgan fingerprint density at radius 2 is 1.97 bits per heavy atom. The molecule has 5 rings (SSSR count). The molecule has 34 heavy (non-hydrogen) atoms. The number of imidazole rings is 1. The SMILES string of the molecule is CCN1CCC(Nc2ccc3c(c2)/C(=C(\c2ccc(C)c(F)c2)c2nc(C)c[nH]2)C(=O)N3)CC1. The van der Waals surface area contributed by atoms with Crippen LogP contribution in [0.2, 0.25) is 0 Å². The van der Waals surface area contributed by atoms with Crippen molar-refractivity contribution in [3.8, 4) is 0 Å². The Bertz CT molecular complexity index is 1270. The second kappa shape index (κ2) is 9.06. The molecule has 0 spiro atoms. The van der Waals surface area contributed by atoms with Crippen LogP contribution in [0.15, 0.2) is 42.6 Å². The zero-order chi connectivity index (χ0) is 23.8. The molecule has 3 N–H and O–H groups in total. The van der Waals surface area contributed by atoms with Crippen molar-refractivity contribution in [1.29, 1.82) is 0 Å². The molecule has 7 heteroatoms. The van der Waals surface area contributed by atoms with E-state index in [-0.39, 0.29) is 11.7 Å². The molecule has 3 aromatic rings. The minimum atomic E-state index is -0.314. The Hall–Kier alpha value is -3.45. The van der Waals surface area contributed by atoms with E-state index in [1.54, 1.807) is 19.2 Å². The molecular formula is C27H30FN5O. The van der Waals surface area contributed by atoms with Gasteiger partial charge >= 0.3 is 0 Å². The number of rotatable bonds is 5. The van der Waals surface area contributed by atoms with Crippen molar-refractivity contribution in [2.75, 3.05) is 30.3 Å². The first-order valence-electron chi connectivity index (χ1n) is 11.9. The standard InChI is InChI=1S/C27H30FN5O/c1-4-33-11-9-19(10-12-33)31-20-7-8-23-21(14-20)25(27(34)32-23)24(26-29-15-17(3)30-26)18-6-5-16(2)22(28)13-18/h5-8,13-15,19,31H,4,9-12H2,1-3H3,(H,29,30)(H,32,34)/b25-24-. The van der Waals surface area contributed by atoms with Crippen molar-refractivity contribution in [2.24, 2.45) is 0 Å². The molecule has 1 aromatic heterocycles. The number of H-pyrrole nitrogens is 1. The Morgan fingerprint density at radius 1 is 1.18 bits per heavy atom. The lowest BCUT2D eigenvalue weighted by Crippen LogP contribution is -2.38. The second-order valence-electron chi connectivity index (χ2n) is 9.17. The third-order valence-corrected chi connectivity index (χ3v) is 6.82. The fourth-order valence-electron chi connectivity index (χ4n) is 4.82. The van der Waals surface area contributed by atoms with Crippen molar-refractivity contribution >= 4 is 28.4 Å². The van der Waals surface area contributed by atoms with Crippen LogP contribution in [0.4, 0.5) is 15.8 Å². The number of aromatic nitrogens is 2. The number of piperidine rings is 1. The van der Waals surface area contributed by atoms with Crippen LogP contribution in [0.1, 0.15) is 48.0 Å². The summed E-state index contributed by atoms with van der Waals surface area (Å²) < 4.78 is 14.6. The summed E-state index contributed by atoms with van der Waals surface area (Å²) in [6.07, 6.45) is 3.96. The highest BCUT2D eigenvalue weighted by molar-refractivity contribution is 6.38. The van der Waals surface area contributed by atoms with Gasteiger partial charge in [-0.25, -0.2) is 9.37 Å². The Balaban J connectivity index is 1.58. The summed E-state index contributed by atoms with van der Waals surface area (Å²) in [4.78, 5) is 23.4. The van der Waals surface area contributed by atoms with Gasteiger partial charge in [-0.1, -0.05) is 19.1 Å². The molecule has 6 nitrogen and oxygen atoms in total. The number of carbonyl (C=O) groups is 1. The van der Waals surface area contributed by atoms with E-state index in [4.69, 9.17) is 0 Å². The van der Waals surface area contributed by atoms with Crippen molar-refractivity contribution in [3.63, 3.8) is 0 Å². The first kappa shape index (κ1) is 22.3. The van der Waals surface area contributed by atoms with Crippen molar-refractivity contribution in [2.45, 2.75) is 39.7 Å². The zero-order valence-corrected chi connectivity index (χ0v) is 19.8. The van der Waals surface area contributed by atoms with Gasteiger partial charge < -0.3 is 20.5 Å². The highest BCUT2D eigenvalue weighted by Gasteiger charge is 2.31. The number of fused-ring (bicyclic) bond motifs is 1. The summed E-state index contributed by atoms with van der Waals surface area (Å²) in [6.45, 7) is 9.07. The molecule has 0 unspecified atom stereocenters. The Kier molecular flexibility index (Phi) is 5.96. The topological polar surface area (TPSA) is 73.0 Å². The van der Waals surface area contributed by atoms with Crippen LogP contribution in [0.25, 0.3) is 11.1 Å². The van der Waals surface area contributed by atoms with Crippen LogP contribution in [0.3, 0.4) is 0 Å². The van der Waals surface area contributed by atoms with Gasteiger partial charge in [-0.2, -0.15) is 0 Å². The summed E-state index contributed by atoms with van der Waals surface area (Å²) >= 11 is 0. The molecule has 1 saturated heterocycles. The van der Waals surface area contributed by atoms with Gasteiger partial charge in [0.25, 0.3) is 5.91 Å². The average Bonchev–Trinajstić information content (AvgIpc) is 3.40. The van der Waals surface area contributed by atoms with Crippen LogP contribution in [-0.2, 0) is 4.79 Å². The first-order valence-corrected chi connectivity index (χ1v) is 11.9. The molecular weight excluding hydrogens is 429 g/mol. The highest BCUT2D eigenvalue weighted by Crippen LogP contribution is 2.41. The number of benzene rings is 2. The molecule has 2 aliphatic rings. The number of hydrogen-bond donors (Lipinski definition) is 3. The van der Waals surface area contributed by atoms with Gasteiger partial charge in [0.15, 0.2) is 0 Å². The first-order chi connectivity index (χ1) is 16.4. The van der Waals surface area contributed by atoms with Gasteiger partial charge in [0, 0.05) is 47.8 Å². The summed E-state index contributed by atoms with van der Waals surface area (Å²) in [6, 6.07) is 11.4. The fourth-order valence-corrected chi connectivity index (χ4v) is 4.82. The highest BCUT2D eigenvalue weighted by atomic mass is 19.1. The smallest absolute Gasteiger partial charge is 0.257 e. The number of nitrogens with zero attached hydrogens (tertiary/aromatic N) is 2. The second-order valence-corrected chi connectivity index (χ2v) is 9.17. The van der Waals surface area contributed by atoms with Crippen molar-refractivity contribution < 1.29 is 9.18 Å². The minimum absolute atomic E-state index is 0.214. The zero-order valence-electron chi connectivity index (χ0n) is 19.8. The van der Waals surface area contributed by atoms with Crippen LogP contribution < -0.4 is 10.6 Å². The van der Waals surface area contributed by atoms with Crippen LogP contribution >= 0.6 is 0 Å². The minimum Gasteiger partial charge on any atom is -0.382 e. The molecule has 1 amide bonds. The predicted octanol–water partition coefficient (Wildman–Crippen LogP) is 4.97. The number of anilines is 2. The molecule has 2 aliphatic heterocycles. The monoisotopic (exact) mass is 459 g/mol. The molecule has 0 aliphatic carbocycles. The fraction of sp³-hybridized carbons (Fsp3) is 0.333. The number of amides is 1. The van der Waals surface area contributed by atoms with Gasteiger partial charge in [0.2, 0.25) is 0 Å². The number of nitrogens with one attached hydrogen (secondary N) is 3. The van der Waals surface area contributed by atoms with Gasteiger partial charge in [-0.15, -0.1) is 0 Å². The lowest BCUT2D eigenvalue weighted by molar-refractivity contribution is -0.110. The van der Waals surface area contributed by atoms with E-state index in [1.165, 1.54) is 6.07 Å². The van der Waals surface area contributed by atoms with Crippen LogP contribution in [0.5, 0.6) is 0 Å². The summed E-state index contributed by atoms with van der Waals surface area (Å²) in [5, 5.41) is 6.64. The maximum Gasteiger partial charge on any atom is 0.257 e. The predicted molar refractivity (Wildman–Crippen MR) is 134 cm³/mol. The van der Waals surface area contributed by atoms with Crippen molar-refractivity contribution in [3.05, 3.63) is 76.6 Å². The average molecular weight is 460 g/mol. The molecule has 2 aromatic carbocycles. The summed E-state index contributed by atoms with van der Waals surface area (Å²) in [7, 11) is 0. The molecule has 0 bridgehead atoms. The number of hydrogen-bond acceptors (Lipinski definition) is 4. The number of aryl methyl sites for hydroxylation is 2. The molecule has 0 saturated carbocycles. The van der Waals surface area contributed by atoms with Gasteiger partial charge in [-0.3, -0.25) is 4.79 Å². The number of carbonyl (C=O) groups excluding carboxylic acids is 1. The summed E-state index contributed by atoms with van der Waals surface area (Å²) in [5.74, 6) is 0.0174. The molecule has 176 valence electrons. The Morgan fingerprint density at radius 3 is 2.65 bits per heavy atom. The van der Waals surface area contributed by atoms with E-state index < -0.39 is 0 Å².